The highest BCUT2D eigenvalue weighted by atomic mass is 32.2. The second-order valence-corrected chi connectivity index (χ2v) is 8.68. The van der Waals surface area contributed by atoms with Gasteiger partial charge in [0.2, 0.25) is 5.88 Å². The summed E-state index contributed by atoms with van der Waals surface area (Å²) in [7, 11) is -1.25. The number of guanidine groups is 1. The van der Waals surface area contributed by atoms with Gasteiger partial charge in [-0.2, -0.15) is 0 Å². The number of nitrogens with zero attached hydrogens (tertiary/aromatic N) is 2. The smallest absolute Gasteiger partial charge is 0.213 e. The molecule has 1 unspecified atom stereocenters. The van der Waals surface area contributed by atoms with Gasteiger partial charge >= 0.3 is 0 Å². The molecular weight excluding hydrogens is 364 g/mol. The molecule has 1 fully saturated rings. The molecule has 0 spiro atoms. The fourth-order valence-electron chi connectivity index (χ4n) is 2.85. The maximum Gasteiger partial charge on any atom is 0.213 e. The molecule has 2 N–H and O–H groups in total. The molecule has 0 saturated carbocycles. The van der Waals surface area contributed by atoms with E-state index in [1.54, 1.807) is 13.2 Å². The standard InChI is InChI=1S/C19H24N4O3S/c1-20-19(23-17-8-10-27(24,25)14-17)22-12-16-7-9-21-18(11-16)26-13-15-5-3-2-4-6-15/h2-7,9,11,17H,8,10,12-14H2,1H3,(H2,20,22,23). The van der Waals surface area contributed by atoms with Crippen LogP contribution in [-0.4, -0.2) is 44.0 Å². The van der Waals surface area contributed by atoms with Gasteiger partial charge in [0.1, 0.15) is 6.61 Å². The van der Waals surface area contributed by atoms with Crippen LogP contribution in [0.3, 0.4) is 0 Å². The van der Waals surface area contributed by atoms with Gasteiger partial charge in [-0.15, -0.1) is 0 Å². The summed E-state index contributed by atoms with van der Waals surface area (Å²) in [5, 5.41) is 6.37. The van der Waals surface area contributed by atoms with Crippen molar-refractivity contribution in [1.29, 1.82) is 0 Å². The van der Waals surface area contributed by atoms with Crippen molar-refractivity contribution in [1.82, 2.24) is 15.6 Å². The van der Waals surface area contributed by atoms with Crippen molar-refractivity contribution in [2.45, 2.75) is 25.6 Å². The van der Waals surface area contributed by atoms with E-state index < -0.39 is 9.84 Å². The van der Waals surface area contributed by atoms with Gasteiger partial charge in [0.25, 0.3) is 0 Å². The van der Waals surface area contributed by atoms with Crippen LogP contribution in [0.25, 0.3) is 0 Å². The minimum Gasteiger partial charge on any atom is -0.473 e. The Kier molecular flexibility index (Phi) is 6.28. The minimum absolute atomic E-state index is 0.0941. The van der Waals surface area contributed by atoms with Crippen LogP contribution in [0.2, 0.25) is 0 Å². The number of aromatic nitrogens is 1. The second kappa shape index (κ2) is 8.85. The van der Waals surface area contributed by atoms with Crippen LogP contribution in [0.4, 0.5) is 0 Å². The molecule has 1 aromatic carbocycles. The topological polar surface area (TPSA) is 92.7 Å². The molecule has 7 nitrogen and oxygen atoms in total. The van der Waals surface area contributed by atoms with Gasteiger partial charge in [-0.1, -0.05) is 30.3 Å². The number of pyridine rings is 1. The second-order valence-electron chi connectivity index (χ2n) is 6.45. The van der Waals surface area contributed by atoms with Crippen LogP contribution >= 0.6 is 0 Å². The molecule has 8 heteroatoms. The Morgan fingerprint density at radius 1 is 1.26 bits per heavy atom. The number of benzene rings is 1. The summed E-state index contributed by atoms with van der Waals surface area (Å²) in [5.74, 6) is 1.53. The first-order chi connectivity index (χ1) is 13.0. The molecule has 2 aromatic rings. The fourth-order valence-corrected chi connectivity index (χ4v) is 4.53. The van der Waals surface area contributed by atoms with Crippen molar-refractivity contribution < 1.29 is 13.2 Å². The van der Waals surface area contributed by atoms with E-state index in [0.29, 0.717) is 31.4 Å². The summed E-state index contributed by atoms with van der Waals surface area (Å²) in [4.78, 5) is 8.40. The first-order valence-electron chi connectivity index (χ1n) is 8.83. The Hall–Kier alpha value is -2.61. The van der Waals surface area contributed by atoms with E-state index in [9.17, 15) is 8.42 Å². The summed E-state index contributed by atoms with van der Waals surface area (Å²) in [6, 6.07) is 13.6. The van der Waals surface area contributed by atoms with Crippen molar-refractivity contribution in [2.24, 2.45) is 4.99 Å². The lowest BCUT2D eigenvalue weighted by Crippen LogP contribution is -2.43. The van der Waals surface area contributed by atoms with Gasteiger partial charge in [0.15, 0.2) is 15.8 Å². The normalized spacial score (nSPS) is 18.9. The van der Waals surface area contributed by atoms with E-state index in [0.717, 1.165) is 11.1 Å². The van der Waals surface area contributed by atoms with Crippen LogP contribution in [0.1, 0.15) is 17.5 Å². The van der Waals surface area contributed by atoms with Gasteiger partial charge in [-0.25, -0.2) is 13.4 Å². The predicted octanol–water partition coefficient (Wildman–Crippen LogP) is 1.51. The molecule has 0 amide bonds. The molecule has 3 rings (SSSR count). The Balaban J connectivity index is 1.51. The number of ether oxygens (including phenoxy) is 1. The maximum absolute atomic E-state index is 11.6. The Morgan fingerprint density at radius 2 is 2.07 bits per heavy atom. The van der Waals surface area contributed by atoms with Crippen LogP contribution in [0, 0.1) is 0 Å². The quantitative estimate of drug-likeness (QED) is 0.576. The van der Waals surface area contributed by atoms with Crippen molar-refractivity contribution in [3.63, 3.8) is 0 Å². The van der Waals surface area contributed by atoms with Gasteiger partial charge in [0.05, 0.1) is 11.5 Å². The Labute approximate surface area is 159 Å². The van der Waals surface area contributed by atoms with Crippen LogP contribution in [-0.2, 0) is 23.0 Å². The van der Waals surface area contributed by atoms with Crippen LogP contribution in [0.5, 0.6) is 5.88 Å². The number of aliphatic imine (C=N–C) groups is 1. The molecule has 1 aliphatic rings. The third-order valence-corrected chi connectivity index (χ3v) is 6.05. The lowest BCUT2D eigenvalue weighted by Gasteiger charge is -2.16. The molecular formula is C19H24N4O3S. The minimum atomic E-state index is -2.92. The van der Waals surface area contributed by atoms with Gasteiger partial charge in [-0.3, -0.25) is 4.99 Å². The zero-order valence-corrected chi connectivity index (χ0v) is 16.1. The predicted molar refractivity (Wildman–Crippen MR) is 105 cm³/mol. The number of sulfone groups is 1. The number of hydrogen-bond acceptors (Lipinski definition) is 5. The van der Waals surface area contributed by atoms with Crippen molar-refractivity contribution in [2.75, 3.05) is 18.6 Å². The van der Waals surface area contributed by atoms with E-state index in [2.05, 4.69) is 20.6 Å². The SMILES string of the molecule is CN=C(NCc1ccnc(OCc2ccccc2)c1)NC1CCS(=O)(=O)C1. The fraction of sp³-hybridized carbons (Fsp3) is 0.368. The summed E-state index contributed by atoms with van der Waals surface area (Å²) in [5.41, 5.74) is 2.08. The highest BCUT2D eigenvalue weighted by molar-refractivity contribution is 7.91. The maximum atomic E-state index is 11.6. The van der Waals surface area contributed by atoms with E-state index in [1.807, 2.05) is 42.5 Å². The number of rotatable bonds is 6. The number of hydrogen-bond donors (Lipinski definition) is 2. The lowest BCUT2D eigenvalue weighted by atomic mass is 10.2. The molecule has 1 atom stereocenters. The highest BCUT2D eigenvalue weighted by Crippen LogP contribution is 2.13. The average molecular weight is 388 g/mol. The summed E-state index contributed by atoms with van der Waals surface area (Å²) in [6.45, 7) is 0.994. The summed E-state index contributed by atoms with van der Waals surface area (Å²) >= 11 is 0. The van der Waals surface area contributed by atoms with Gasteiger partial charge in [0, 0.05) is 31.9 Å². The van der Waals surface area contributed by atoms with E-state index >= 15 is 0 Å². The molecule has 2 heterocycles. The molecule has 1 saturated heterocycles. The van der Waals surface area contributed by atoms with Crippen molar-refractivity contribution in [3.8, 4) is 5.88 Å². The van der Waals surface area contributed by atoms with Crippen LogP contribution in [0.15, 0.2) is 53.7 Å². The largest absolute Gasteiger partial charge is 0.473 e. The lowest BCUT2D eigenvalue weighted by molar-refractivity contribution is 0.293. The van der Waals surface area contributed by atoms with Gasteiger partial charge < -0.3 is 15.4 Å². The van der Waals surface area contributed by atoms with E-state index in [4.69, 9.17) is 4.74 Å². The molecule has 1 aromatic heterocycles. The molecule has 0 bridgehead atoms. The average Bonchev–Trinajstić information content (AvgIpc) is 3.03. The zero-order valence-electron chi connectivity index (χ0n) is 15.3. The molecule has 0 aliphatic carbocycles. The third kappa shape index (κ3) is 5.96. The monoisotopic (exact) mass is 388 g/mol. The summed E-state index contributed by atoms with van der Waals surface area (Å²) in [6.07, 6.45) is 2.31. The number of nitrogens with one attached hydrogen (secondary N) is 2. The van der Waals surface area contributed by atoms with Gasteiger partial charge in [-0.05, 0) is 23.6 Å². The first-order valence-corrected chi connectivity index (χ1v) is 10.7. The molecule has 1 aliphatic heterocycles. The summed E-state index contributed by atoms with van der Waals surface area (Å²) < 4.78 is 28.9. The van der Waals surface area contributed by atoms with E-state index in [-0.39, 0.29) is 17.5 Å². The molecule has 144 valence electrons. The zero-order chi connectivity index (χ0) is 19.1. The van der Waals surface area contributed by atoms with Crippen LogP contribution < -0.4 is 15.4 Å². The highest BCUT2D eigenvalue weighted by Gasteiger charge is 2.28. The first kappa shape index (κ1) is 19.2. The van der Waals surface area contributed by atoms with Crippen molar-refractivity contribution in [3.05, 3.63) is 59.8 Å². The third-order valence-electron chi connectivity index (χ3n) is 4.29. The van der Waals surface area contributed by atoms with Crippen molar-refractivity contribution >= 4 is 15.8 Å². The Morgan fingerprint density at radius 3 is 2.78 bits per heavy atom. The molecule has 27 heavy (non-hydrogen) atoms. The van der Waals surface area contributed by atoms with E-state index in [1.165, 1.54) is 0 Å². The molecule has 0 radical (unpaired) electrons. The Bertz CT molecular complexity index is 885.